The van der Waals surface area contributed by atoms with Crippen LogP contribution >= 0.6 is 0 Å². The van der Waals surface area contributed by atoms with Gasteiger partial charge in [0.15, 0.2) is 0 Å². The van der Waals surface area contributed by atoms with Crippen LogP contribution in [0.25, 0.3) is 27.1 Å². The maximum absolute atomic E-state index is 3.52. The van der Waals surface area contributed by atoms with E-state index in [0.717, 1.165) is 11.1 Å². The van der Waals surface area contributed by atoms with Gasteiger partial charge in [-0.2, -0.15) is 5.39 Å². The topological polar surface area (TPSA) is 0 Å². The van der Waals surface area contributed by atoms with Gasteiger partial charge >= 0.3 is 0 Å². The molecule has 3 rings (SSSR count). The van der Waals surface area contributed by atoms with Gasteiger partial charge in [0.2, 0.25) is 0 Å². The number of hydrogen-bond acceptors (Lipinski definition) is 0. The van der Waals surface area contributed by atoms with Gasteiger partial charge in [0.25, 0.3) is 0 Å². The monoisotopic (exact) mass is 319 g/mol. The molecule has 0 saturated heterocycles. The predicted octanol–water partition coefficient (Wildman–Crippen LogP) is 5.02. The SMILES string of the molecule is C[C-]=C(C)c1[c-]c2ccccc2c2ccccc12.[Y]. The van der Waals surface area contributed by atoms with Crippen LogP contribution in [-0.4, -0.2) is 0 Å². The molecule has 0 bridgehead atoms. The van der Waals surface area contributed by atoms with Gasteiger partial charge in [-0.15, -0.1) is 31.4 Å². The minimum atomic E-state index is 0. The molecule has 0 saturated carbocycles. The van der Waals surface area contributed by atoms with E-state index in [4.69, 9.17) is 0 Å². The van der Waals surface area contributed by atoms with Crippen LogP contribution in [0.5, 0.6) is 0 Å². The first kappa shape index (κ1) is 14.4. The first-order valence-corrected chi connectivity index (χ1v) is 6.15. The number of hydrogen-bond donors (Lipinski definition) is 0. The molecular formula is C18H14Y-2. The van der Waals surface area contributed by atoms with Crippen molar-refractivity contribution in [3.05, 3.63) is 66.2 Å². The second-order valence-corrected chi connectivity index (χ2v) is 4.47. The van der Waals surface area contributed by atoms with Gasteiger partial charge in [0, 0.05) is 32.7 Å². The molecule has 0 aromatic heterocycles. The molecule has 0 N–H and O–H groups in total. The van der Waals surface area contributed by atoms with Crippen LogP contribution in [0.4, 0.5) is 0 Å². The van der Waals surface area contributed by atoms with Crippen LogP contribution in [0.15, 0.2) is 48.5 Å². The van der Waals surface area contributed by atoms with Gasteiger partial charge in [-0.25, -0.2) is 6.07 Å². The maximum Gasteiger partial charge on any atom is 0 e. The molecule has 0 spiro atoms. The van der Waals surface area contributed by atoms with Gasteiger partial charge < -0.3 is 6.08 Å². The second kappa shape index (κ2) is 5.99. The Morgan fingerprint density at radius 1 is 0.895 bits per heavy atom. The van der Waals surface area contributed by atoms with Crippen LogP contribution in [-0.2, 0) is 32.7 Å². The molecule has 0 fully saturated rings. The Bertz CT molecular complexity index is 754. The molecular weight excluding hydrogens is 305 g/mol. The summed E-state index contributed by atoms with van der Waals surface area (Å²) in [5.74, 6) is 0. The Balaban J connectivity index is 0.00000133. The van der Waals surface area contributed by atoms with Crippen LogP contribution in [0.3, 0.4) is 0 Å². The fourth-order valence-corrected chi connectivity index (χ4v) is 2.39. The third-order valence-corrected chi connectivity index (χ3v) is 3.42. The van der Waals surface area contributed by atoms with Crippen molar-refractivity contribution >= 4 is 27.1 Å². The summed E-state index contributed by atoms with van der Waals surface area (Å²) in [6.07, 6.45) is 3.22. The Morgan fingerprint density at radius 3 is 2.16 bits per heavy atom. The number of fused-ring (bicyclic) bond motifs is 3. The van der Waals surface area contributed by atoms with E-state index in [-0.39, 0.29) is 32.7 Å². The van der Waals surface area contributed by atoms with Gasteiger partial charge in [0.1, 0.15) is 0 Å². The smallest absolute Gasteiger partial charge is 0 e. The molecule has 1 radical (unpaired) electrons. The molecule has 0 aliphatic rings. The third-order valence-electron chi connectivity index (χ3n) is 3.42. The number of benzene rings is 3. The zero-order valence-corrected chi connectivity index (χ0v) is 14.0. The van der Waals surface area contributed by atoms with Crippen LogP contribution in [0, 0.1) is 12.1 Å². The zero-order valence-electron chi connectivity index (χ0n) is 11.2. The summed E-state index contributed by atoms with van der Waals surface area (Å²) < 4.78 is 0. The van der Waals surface area contributed by atoms with E-state index in [1.165, 1.54) is 21.5 Å². The summed E-state index contributed by atoms with van der Waals surface area (Å²) in [4.78, 5) is 0. The fraction of sp³-hybridized carbons (Fsp3) is 0.111. The fourth-order valence-electron chi connectivity index (χ4n) is 2.39. The number of allylic oxidation sites excluding steroid dienone is 2. The molecule has 0 aliphatic heterocycles. The molecule has 0 atom stereocenters. The molecule has 0 aliphatic carbocycles. The molecule has 1 heteroatoms. The van der Waals surface area contributed by atoms with E-state index < -0.39 is 0 Å². The first-order chi connectivity index (χ1) is 8.81. The van der Waals surface area contributed by atoms with Gasteiger partial charge in [-0.3, -0.25) is 11.1 Å². The normalized spacial score (nSPS) is 11.6. The summed E-state index contributed by atoms with van der Waals surface area (Å²) in [5.41, 5.74) is 2.31. The quantitative estimate of drug-likeness (QED) is 0.436. The van der Waals surface area contributed by atoms with E-state index >= 15 is 0 Å². The average molecular weight is 319 g/mol. The molecule has 0 heterocycles. The Kier molecular flexibility index (Phi) is 4.55. The minimum absolute atomic E-state index is 0. The van der Waals surface area contributed by atoms with E-state index in [1.54, 1.807) is 0 Å². The van der Waals surface area contributed by atoms with Crippen molar-refractivity contribution in [3.63, 3.8) is 0 Å². The van der Waals surface area contributed by atoms with Crippen molar-refractivity contribution in [1.82, 2.24) is 0 Å². The largest absolute Gasteiger partial charge is 0.316 e. The van der Waals surface area contributed by atoms with Crippen molar-refractivity contribution in [2.24, 2.45) is 0 Å². The first-order valence-electron chi connectivity index (χ1n) is 6.15. The third kappa shape index (κ3) is 2.52. The van der Waals surface area contributed by atoms with Gasteiger partial charge in [-0.1, -0.05) is 47.2 Å². The van der Waals surface area contributed by atoms with E-state index in [1.807, 2.05) is 6.92 Å². The molecule has 3 aromatic rings. The van der Waals surface area contributed by atoms with Crippen molar-refractivity contribution < 1.29 is 32.7 Å². The average Bonchev–Trinajstić information content (AvgIpc) is 2.45. The summed E-state index contributed by atoms with van der Waals surface area (Å²) in [7, 11) is 0. The molecule has 91 valence electrons. The van der Waals surface area contributed by atoms with Gasteiger partial charge in [-0.05, 0) is 0 Å². The van der Waals surface area contributed by atoms with E-state index in [9.17, 15) is 0 Å². The molecule has 0 nitrogen and oxygen atoms in total. The number of rotatable bonds is 1. The Labute approximate surface area is 139 Å². The minimum Gasteiger partial charge on any atom is -0.316 e. The molecule has 0 unspecified atom stereocenters. The summed E-state index contributed by atoms with van der Waals surface area (Å²) in [5, 5.41) is 4.97. The summed E-state index contributed by atoms with van der Waals surface area (Å²) in [6.45, 7) is 4.04. The van der Waals surface area contributed by atoms with Crippen molar-refractivity contribution in [2.45, 2.75) is 13.8 Å². The van der Waals surface area contributed by atoms with E-state index in [0.29, 0.717) is 0 Å². The Morgan fingerprint density at radius 2 is 1.47 bits per heavy atom. The van der Waals surface area contributed by atoms with Crippen LogP contribution in [0.1, 0.15) is 19.4 Å². The molecule has 0 amide bonds. The van der Waals surface area contributed by atoms with Crippen molar-refractivity contribution in [1.29, 1.82) is 0 Å². The predicted molar refractivity (Wildman–Crippen MR) is 78.3 cm³/mol. The van der Waals surface area contributed by atoms with Crippen molar-refractivity contribution in [2.75, 3.05) is 0 Å². The van der Waals surface area contributed by atoms with Crippen LogP contribution in [0.2, 0.25) is 0 Å². The molecule has 3 aromatic carbocycles. The summed E-state index contributed by atoms with van der Waals surface area (Å²) in [6, 6.07) is 20.5. The molecule has 19 heavy (non-hydrogen) atoms. The zero-order chi connectivity index (χ0) is 12.5. The second-order valence-electron chi connectivity index (χ2n) is 4.47. The van der Waals surface area contributed by atoms with E-state index in [2.05, 4.69) is 67.6 Å². The van der Waals surface area contributed by atoms with Crippen molar-refractivity contribution in [3.8, 4) is 0 Å². The summed E-state index contributed by atoms with van der Waals surface area (Å²) >= 11 is 0. The van der Waals surface area contributed by atoms with Gasteiger partial charge in [0.05, 0.1) is 0 Å². The van der Waals surface area contributed by atoms with Crippen LogP contribution < -0.4 is 0 Å². The maximum atomic E-state index is 3.52. The standard InChI is InChI=1S/C18H14.Y/c1-3-13(2)18-12-14-8-4-5-9-15(14)16-10-6-7-11-17(16)18;/h4-11H,1-2H3;/q-2;. The Hall–Kier alpha value is -0.976.